The van der Waals surface area contributed by atoms with Crippen LogP contribution in [-0.4, -0.2) is 44.2 Å². The Morgan fingerprint density at radius 3 is 2.94 bits per heavy atom. The van der Waals surface area contributed by atoms with E-state index in [0.717, 1.165) is 66.6 Å². The van der Waals surface area contributed by atoms with E-state index in [4.69, 9.17) is 14.2 Å². The Kier molecular flexibility index (Phi) is 6.52. The van der Waals surface area contributed by atoms with Crippen molar-refractivity contribution in [1.82, 2.24) is 4.98 Å². The lowest BCUT2D eigenvalue weighted by molar-refractivity contribution is -0.0492. The maximum absolute atomic E-state index is 9.50. The highest BCUT2D eigenvalue weighted by atomic mass is 16.7. The molecule has 2 saturated heterocycles. The Bertz CT molecular complexity index is 1140. The van der Waals surface area contributed by atoms with Crippen molar-refractivity contribution in [2.24, 2.45) is 0 Å². The molecule has 1 atom stereocenters. The summed E-state index contributed by atoms with van der Waals surface area (Å²) < 4.78 is 17.0. The summed E-state index contributed by atoms with van der Waals surface area (Å²) in [6.07, 6.45) is 5.83. The van der Waals surface area contributed by atoms with Gasteiger partial charge in [-0.1, -0.05) is 18.2 Å². The monoisotopic (exact) mass is 445 g/mol. The molecule has 2 aliphatic heterocycles. The molecular formula is C27H31N3O3. The molecule has 5 rings (SSSR count). The highest BCUT2D eigenvalue weighted by Gasteiger charge is 2.25. The van der Waals surface area contributed by atoms with Crippen molar-refractivity contribution in [1.29, 1.82) is 5.26 Å². The zero-order chi connectivity index (χ0) is 22.6. The first kappa shape index (κ1) is 21.8. The highest BCUT2D eigenvalue weighted by molar-refractivity contribution is 5.91. The molecule has 6 heteroatoms. The number of ether oxygens (including phenoxy) is 3. The van der Waals surface area contributed by atoms with Crippen molar-refractivity contribution in [2.75, 3.05) is 37.8 Å². The van der Waals surface area contributed by atoms with E-state index in [1.165, 1.54) is 11.3 Å². The Balaban J connectivity index is 1.26. The summed E-state index contributed by atoms with van der Waals surface area (Å²) in [6.45, 7) is 6.13. The molecule has 0 unspecified atom stereocenters. The maximum atomic E-state index is 9.50. The zero-order valence-electron chi connectivity index (χ0n) is 19.2. The molecule has 0 aliphatic carbocycles. The average Bonchev–Trinajstić information content (AvgIpc) is 3.53. The number of H-pyrrole nitrogens is 1. The predicted octanol–water partition coefficient (Wildman–Crippen LogP) is 5.26. The van der Waals surface area contributed by atoms with Gasteiger partial charge in [0, 0.05) is 48.8 Å². The minimum Gasteiger partial charge on any atom is -0.494 e. The van der Waals surface area contributed by atoms with Crippen molar-refractivity contribution in [3.8, 4) is 11.8 Å². The van der Waals surface area contributed by atoms with Crippen molar-refractivity contribution in [3.05, 3.63) is 59.3 Å². The number of anilines is 1. The molecule has 2 aromatic carbocycles. The molecule has 3 heterocycles. The lowest BCUT2D eigenvalue weighted by Crippen LogP contribution is -2.34. The third-order valence-corrected chi connectivity index (χ3v) is 6.78. The molecule has 0 saturated carbocycles. The van der Waals surface area contributed by atoms with Crippen LogP contribution in [-0.2, 0) is 9.47 Å². The van der Waals surface area contributed by atoms with E-state index in [2.05, 4.69) is 53.2 Å². The first-order valence-corrected chi connectivity index (χ1v) is 11.9. The number of nitriles is 1. The number of fused-ring (bicyclic) bond motifs is 1. The van der Waals surface area contributed by atoms with Crippen LogP contribution >= 0.6 is 0 Å². The molecule has 0 amide bonds. The molecule has 1 aromatic heterocycles. The van der Waals surface area contributed by atoms with E-state index < -0.39 is 0 Å². The van der Waals surface area contributed by atoms with Crippen molar-refractivity contribution < 1.29 is 14.2 Å². The van der Waals surface area contributed by atoms with Crippen LogP contribution in [0, 0.1) is 18.3 Å². The van der Waals surface area contributed by atoms with Gasteiger partial charge in [0.05, 0.1) is 30.9 Å². The first-order chi connectivity index (χ1) is 16.2. The molecule has 2 aliphatic rings. The number of benzene rings is 2. The molecular weight excluding hydrogens is 414 g/mol. The number of piperidine rings is 1. The smallest absolute Gasteiger partial charge is 0.157 e. The molecule has 2 fully saturated rings. The largest absolute Gasteiger partial charge is 0.494 e. The summed E-state index contributed by atoms with van der Waals surface area (Å²) in [5, 5.41) is 10.6. The third kappa shape index (κ3) is 4.71. The number of aromatic nitrogens is 1. The lowest BCUT2D eigenvalue weighted by atomic mass is 9.88. The third-order valence-electron chi connectivity index (χ3n) is 6.78. The summed E-state index contributed by atoms with van der Waals surface area (Å²) in [7, 11) is 0. The van der Waals surface area contributed by atoms with Crippen LogP contribution in [0.2, 0.25) is 0 Å². The minimum absolute atomic E-state index is 0.0673. The molecule has 6 nitrogen and oxygen atoms in total. The topological polar surface area (TPSA) is 70.5 Å². The first-order valence-electron chi connectivity index (χ1n) is 11.9. The molecule has 1 N–H and O–H groups in total. The fourth-order valence-electron chi connectivity index (χ4n) is 5.12. The van der Waals surface area contributed by atoms with Gasteiger partial charge in [-0.15, -0.1) is 0 Å². The van der Waals surface area contributed by atoms with E-state index >= 15 is 0 Å². The van der Waals surface area contributed by atoms with E-state index in [1.807, 2.05) is 12.3 Å². The second-order valence-corrected chi connectivity index (χ2v) is 8.98. The number of hydrogen-bond acceptors (Lipinski definition) is 5. The van der Waals surface area contributed by atoms with Gasteiger partial charge in [-0.25, -0.2) is 0 Å². The zero-order valence-corrected chi connectivity index (χ0v) is 19.2. The molecule has 33 heavy (non-hydrogen) atoms. The van der Waals surface area contributed by atoms with Crippen LogP contribution in [0.25, 0.3) is 10.9 Å². The number of aryl methyl sites for hydroxylation is 1. The summed E-state index contributed by atoms with van der Waals surface area (Å²) >= 11 is 0. The van der Waals surface area contributed by atoms with Gasteiger partial charge in [0.2, 0.25) is 0 Å². The van der Waals surface area contributed by atoms with E-state index in [9.17, 15) is 5.26 Å². The van der Waals surface area contributed by atoms with Gasteiger partial charge in [0.25, 0.3) is 0 Å². The molecule has 3 aromatic rings. The number of rotatable bonds is 7. The van der Waals surface area contributed by atoms with Gasteiger partial charge in [-0.2, -0.15) is 5.26 Å². The van der Waals surface area contributed by atoms with Crippen molar-refractivity contribution in [3.63, 3.8) is 0 Å². The van der Waals surface area contributed by atoms with Crippen LogP contribution < -0.4 is 9.64 Å². The lowest BCUT2D eigenvalue weighted by Gasteiger charge is -2.35. The van der Waals surface area contributed by atoms with Gasteiger partial charge in [-0.3, -0.25) is 0 Å². The van der Waals surface area contributed by atoms with Gasteiger partial charge in [0.15, 0.2) is 6.29 Å². The maximum Gasteiger partial charge on any atom is 0.157 e. The highest BCUT2D eigenvalue weighted by Crippen LogP contribution is 2.36. The molecule has 172 valence electrons. The minimum atomic E-state index is -0.0673. The Labute approximate surface area is 195 Å². The fourth-order valence-corrected chi connectivity index (χ4v) is 5.12. The Morgan fingerprint density at radius 1 is 1.21 bits per heavy atom. The van der Waals surface area contributed by atoms with Crippen molar-refractivity contribution in [2.45, 2.75) is 44.8 Å². The predicted molar refractivity (Wildman–Crippen MR) is 129 cm³/mol. The van der Waals surface area contributed by atoms with Gasteiger partial charge >= 0.3 is 0 Å². The van der Waals surface area contributed by atoms with Gasteiger partial charge < -0.3 is 24.1 Å². The summed E-state index contributed by atoms with van der Waals surface area (Å²) in [5.74, 6) is 1.33. The second kappa shape index (κ2) is 9.86. The van der Waals surface area contributed by atoms with Gasteiger partial charge in [-0.05, 0) is 49.4 Å². The summed E-state index contributed by atoms with van der Waals surface area (Å²) in [5.41, 5.74) is 5.51. The van der Waals surface area contributed by atoms with Crippen molar-refractivity contribution >= 4 is 16.6 Å². The summed E-state index contributed by atoms with van der Waals surface area (Å²) in [4.78, 5) is 5.84. The fraction of sp³-hybridized carbons (Fsp3) is 0.444. The molecule has 0 spiro atoms. The molecule has 0 radical (unpaired) electrons. The quantitative estimate of drug-likeness (QED) is 0.502. The number of hydrogen-bond donors (Lipinski definition) is 1. The van der Waals surface area contributed by atoms with Crippen LogP contribution in [0.1, 0.15) is 48.3 Å². The normalized spacial score (nSPS) is 19.2. The number of nitrogens with zero attached hydrogens (tertiary/aromatic N) is 2. The Hall–Kier alpha value is -3.01. The van der Waals surface area contributed by atoms with Crippen LogP contribution in [0.3, 0.4) is 0 Å². The van der Waals surface area contributed by atoms with Gasteiger partial charge in [0.1, 0.15) is 11.8 Å². The van der Waals surface area contributed by atoms with E-state index in [1.54, 1.807) is 0 Å². The average molecular weight is 446 g/mol. The van der Waals surface area contributed by atoms with Crippen LogP contribution in [0.15, 0.2) is 42.6 Å². The number of aromatic amines is 1. The van der Waals surface area contributed by atoms with Crippen LogP contribution in [0.5, 0.6) is 5.75 Å². The number of nitrogens with one attached hydrogen (secondary N) is 1. The van der Waals surface area contributed by atoms with E-state index in [0.29, 0.717) is 25.7 Å². The Morgan fingerprint density at radius 2 is 2.09 bits per heavy atom. The molecule has 0 bridgehead atoms. The second-order valence-electron chi connectivity index (χ2n) is 8.98. The van der Waals surface area contributed by atoms with Crippen LogP contribution in [0.4, 0.5) is 5.69 Å². The van der Waals surface area contributed by atoms with E-state index in [-0.39, 0.29) is 6.29 Å². The SMILES string of the molecule is Cc1ccc([C@H]2CCCN(c3cccc(OCCCC4OCCO4)c3)C2)c2[nH]cc(C#N)c12. The summed E-state index contributed by atoms with van der Waals surface area (Å²) in [6, 6.07) is 15.1. The standard InChI is InChI=1S/C27H31N3O3/c1-19-9-10-24(27-26(19)21(16-28)17-29-27)20-5-3-11-30(18-20)22-6-2-7-23(15-22)31-12-4-8-25-32-13-14-33-25/h2,6-7,9-10,15,17,20,25,29H,3-5,8,11-14,18H2,1H3/t20-/m0/s1.